The Morgan fingerprint density at radius 2 is 2.15 bits per heavy atom. The fourth-order valence-electron chi connectivity index (χ4n) is 2.90. The zero-order valence-electron chi connectivity index (χ0n) is 14.6. The van der Waals surface area contributed by atoms with Gasteiger partial charge < -0.3 is 9.73 Å². The predicted octanol–water partition coefficient (Wildman–Crippen LogP) is 1.94. The molecule has 0 fully saturated rings. The van der Waals surface area contributed by atoms with Crippen LogP contribution in [0.1, 0.15) is 22.0 Å². The smallest absolute Gasteiger partial charge is 0.352 e. The van der Waals surface area contributed by atoms with Gasteiger partial charge in [0.2, 0.25) is 5.91 Å². The molecule has 0 radical (unpaired) electrons. The molecule has 0 bridgehead atoms. The number of thiophene rings is 1. The van der Waals surface area contributed by atoms with Crippen molar-refractivity contribution in [2.45, 2.75) is 33.9 Å². The Kier molecular flexibility index (Phi) is 3.87. The molecule has 0 aliphatic carbocycles. The van der Waals surface area contributed by atoms with E-state index in [2.05, 4.69) is 15.4 Å². The van der Waals surface area contributed by atoms with Gasteiger partial charge in [0, 0.05) is 4.88 Å². The van der Waals surface area contributed by atoms with Gasteiger partial charge in [0.25, 0.3) is 0 Å². The van der Waals surface area contributed by atoms with Crippen LogP contribution < -0.4 is 11.0 Å². The molecule has 0 aliphatic rings. The van der Waals surface area contributed by atoms with Crippen molar-refractivity contribution in [3.63, 3.8) is 0 Å². The monoisotopic (exact) mass is 371 g/mol. The quantitative estimate of drug-likeness (QED) is 0.592. The molecule has 0 saturated heterocycles. The van der Waals surface area contributed by atoms with Crippen molar-refractivity contribution in [3.8, 4) is 0 Å². The lowest BCUT2D eigenvalue weighted by molar-refractivity contribution is -0.122. The third-order valence-corrected chi connectivity index (χ3v) is 5.45. The number of hydrogen-bond donors (Lipinski definition) is 1. The highest BCUT2D eigenvalue weighted by atomic mass is 32.1. The number of furan rings is 1. The molecule has 9 heteroatoms. The normalized spacial score (nSPS) is 11.5. The van der Waals surface area contributed by atoms with Gasteiger partial charge in [-0.2, -0.15) is 0 Å². The van der Waals surface area contributed by atoms with Gasteiger partial charge in [-0.3, -0.25) is 4.79 Å². The summed E-state index contributed by atoms with van der Waals surface area (Å²) in [6.45, 7) is 5.88. The van der Waals surface area contributed by atoms with Crippen LogP contribution >= 0.6 is 11.3 Å². The molecular formula is C17H17N5O3S. The molecule has 0 atom stereocenters. The summed E-state index contributed by atoms with van der Waals surface area (Å²) in [5.41, 5.74) is 1.23. The number of carbonyl (C=O) groups excluding carboxylic acids is 1. The van der Waals surface area contributed by atoms with Crippen molar-refractivity contribution in [1.29, 1.82) is 0 Å². The third-order valence-electron chi connectivity index (χ3n) is 4.35. The first kappa shape index (κ1) is 16.5. The number of amides is 1. The first-order chi connectivity index (χ1) is 12.5. The lowest BCUT2D eigenvalue weighted by atomic mass is 10.2. The van der Waals surface area contributed by atoms with Gasteiger partial charge in [0.1, 0.15) is 23.0 Å². The van der Waals surface area contributed by atoms with E-state index in [1.54, 1.807) is 36.7 Å². The van der Waals surface area contributed by atoms with Gasteiger partial charge in [0.05, 0.1) is 18.2 Å². The van der Waals surface area contributed by atoms with Gasteiger partial charge in [0.15, 0.2) is 5.65 Å². The van der Waals surface area contributed by atoms with Crippen LogP contribution in [-0.4, -0.2) is 25.1 Å². The molecule has 1 N–H and O–H groups in total. The van der Waals surface area contributed by atoms with Crippen LogP contribution in [0.25, 0.3) is 15.9 Å². The maximum Gasteiger partial charge on any atom is 0.352 e. The van der Waals surface area contributed by atoms with Crippen LogP contribution in [0.4, 0.5) is 0 Å². The second-order valence-electron chi connectivity index (χ2n) is 6.08. The second kappa shape index (κ2) is 6.10. The minimum atomic E-state index is -0.372. The fraction of sp³-hybridized carbons (Fsp3) is 0.294. The van der Waals surface area contributed by atoms with Crippen LogP contribution in [0.3, 0.4) is 0 Å². The SMILES string of the molecule is Cc1sc2nc(C)n3c(=O)n(CC(=O)NCc4ccco4)nc3c2c1C. The molecular weight excluding hydrogens is 354 g/mol. The van der Waals surface area contributed by atoms with E-state index >= 15 is 0 Å². The lowest BCUT2D eigenvalue weighted by Crippen LogP contribution is -2.32. The summed E-state index contributed by atoms with van der Waals surface area (Å²) in [5.74, 6) is 0.889. The van der Waals surface area contributed by atoms with Crippen LogP contribution in [0, 0.1) is 20.8 Å². The Labute approximate surface area is 152 Å². The highest BCUT2D eigenvalue weighted by Crippen LogP contribution is 2.31. The minimum absolute atomic E-state index is 0.162. The fourth-order valence-corrected chi connectivity index (χ4v) is 3.97. The molecule has 0 unspecified atom stereocenters. The van der Waals surface area contributed by atoms with Crippen LogP contribution in [0.15, 0.2) is 27.6 Å². The lowest BCUT2D eigenvalue weighted by Gasteiger charge is -2.02. The summed E-state index contributed by atoms with van der Waals surface area (Å²) in [5, 5.41) is 7.99. The standard InChI is InChI=1S/C17H17N5O3S/c1-9-10(2)26-16-14(9)15-20-21(17(24)22(15)11(3)19-16)8-13(23)18-7-12-5-4-6-25-12/h4-6H,7-8H2,1-3H3,(H,18,23). The van der Waals surface area contributed by atoms with Crippen LogP contribution in [-0.2, 0) is 17.9 Å². The number of nitrogens with zero attached hydrogens (tertiary/aromatic N) is 4. The molecule has 8 nitrogen and oxygen atoms in total. The Morgan fingerprint density at radius 3 is 2.88 bits per heavy atom. The van der Waals surface area contributed by atoms with E-state index in [1.807, 2.05) is 13.8 Å². The Morgan fingerprint density at radius 1 is 1.35 bits per heavy atom. The van der Waals surface area contributed by atoms with Crippen molar-refractivity contribution < 1.29 is 9.21 Å². The Bertz CT molecular complexity index is 1180. The molecule has 4 rings (SSSR count). The second-order valence-corrected chi connectivity index (χ2v) is 7.28. The molecule has 4 aromatic rings. The zero-order valence-corrected chi connectivity index (χ0v) is 15.4. The van der Waals surface area contributed by atoms with Crippen molar-refractivity contribution >= 4 is 33.1 Å². The largest absolute Gasteiger partial charge is 0.467 e. The first-order valence-corrected chi connectivity index (χ1v) is 8.92. The predicted molar refractivity (Wildman–Crippen MR) is 97.4 cm³/mol. The molecule has 0 aliphatic heterocycles. The molecule has 4 heterocycles. The molecule has 1 amide bonds. The van der Waals surface area contributed by atoms with Gasteiger partial charge in [-0.15, -0.1) is 16.4 Å². The maximum absolute atomic E-state index is 12.7. The number of nitrogens with one attached hydrogen (secondary N) is 1. The highest BCUT2D eigenvalue weighted by molar-refractivity contribution is 7.18. The molecule has 4 aromatic heterocycles. The number of hydrogen-bond acceptors (Lipinski definition) is 6. The summed E-state index contributed by atoms with van der Waals surface area (Å²) in [6.07, 6.45) is 1.54. The van der Waals surface area contributed by atoms with Gasteiger partial charge in [-0.1, -0.05) is 0 Å². The van der Waals surface area contributed by atoms with Crippen molar-refractivity contribution in [1.82, 2.24) is 24.5 Å². The topological polar surface area (TPSA) is 94.4 Å². The summed E-state index contributed by atoms with van der Waals surface area (Å²) in [7, 11) is 0. The highest BCUT2D eigenvalue weighted by Gasteiger charge is 2.19. The Hall–Kier alpha value is -2.94. The van der Waals surface area contributed by atoms with Crippen LogP contribution in [0.5, 0.6) is 0 Å². The average Bonchev–Trinajstić information content (AvgIpc) is 3.27. The van der Waals surface area contributed by atoms with Crippen LogP contribution in [0.2, 0.25) is 0 Å². The summed E-state index contributed by atoms with van der Waals surface area (Å²) >= 11 is 1.58. The van der Waals surface area contributed by atoms with E-state index in [-0.39, 0.29) is 24.7 Å². The number of fused-ring (bicyclic) bond motifs is 3. The number of carbonyl (C=O) groups is 1. The molecule has 0 aromatic carbocycles. The summed E-state index contributed by atoms with van der Waals surface area (Å²) < 4.78 is 7.81. The van der Waals surface area contributed by atoms with Crippen molar-refractivity contribution in [2.75, 3.05) is 0 Å². The van der Waals surface area contributed by atoms with Gasteiger partial charge in [-0.25, -0.2) is 18.9 Å². The summed E-state index contributed by atoms with van der Waals surface area (Å²) in [4.78, 5) is 31.4. The first-order valence-electron chi connectivity index (χ1n) is 8.10. The third kappa shape index (κ3) is 2.60. The van der Waals surface area contributed by atoms with E-state index in [0.717, 1.165) is 20.7 Å². The van der Waals surface area contributed by atoms with Crippen molar-refractivity contribution in [3.05, 3.63) is 50.9 Å². The van der Waals surface area contributed by atoms with Gasteiger partial charge >= 0.3 is 5.69 Å². The van der Waals surface area contributed by atoms with E-state index in [0.29, 0.717) is 17.2 Å². The number of aromatic nitrogens is 4. The number of aryl methyl sites for hydroxylation is 3. The van der Waals surface area contributed by atoms with E-state index < -0.39 is 0 Å². The molecule has 0 spiro atoms. The van der Waals surface area contributed by atoms with Gasteiger partial charge in [-0.05, 0) is 38.5 Å². The van der Waals surface area contributed by atoms with Crippen molar-refractivity contribution in [2.24, 2.45) is 0 Å². The molecule has 26 heavy (non-hydrogen) atoms. The minimum Gasteiger partial charge on any atom is -0.467 e. The van der Waals surface area contributed by atoms with E-state index in [1.165, 1.54) is 9.08 Å². The molecule has 134 valence electrons. The maximum atomic E-state index is 12.7. The average molecular weight is 371 g/mol. The van der Waals surface area contributed by atoms with E-state index in [4.69, 9.17) is 4.42 Å². The number of rotatable bonds is 4. The summed E-state index contributed by atoms with van der Waals surface area (Å²) in [6, 6.07) is 3.52. The van der Waals surface area contributed by atoms with E-state index in [9.17, 15) is 9.59 Å². The Balaban J connectivity index is 1.71. The molecule has 0 saturated carbocycles. The zero-order chi connectivity index (χ0) is 18.4.